The van der Waals surface area contributed by atoms with Crippen LogP contribution in [0.1, 0.15) is 44.2 Å². The summed E-state index contributed by atoms with van der Waals surface area (Å²) in [7, 11) is 0. The predicted molar refractivity (Wildman–Crippen MR) is 101 cm³/mol. The van der Waals surface area contributed by atoms with Crippen LogP contribution >= 0.6 is 0 Å². The number of hydrogen-bond donors (Lipinski definition) is 3. The Kier molecular flexibility index (Phi) is 7.95. The predicted octanol–water partition coefficient (Wildman–Crippen LogP) is 2.84. The van der Waals surface area contributed by atoms with E-state index in [-0.39, 0.29) is 24.7 Å². The Bertz CT molecular complexity index is 539. The van der Waals surface area contributed by atoms with Crippen LogP contribution in [0.15, 0.2) is 42.5 Å². The molecule has 1 fully saturated rings. The van der Waals surface area contributed by atoms with E-state index in [9.17, 15) is 4.79 Å². The lowest BCUT2D eigenvalue weighted by Crippen LogP contribution is -2.48. The summed E-state index contributed by atoms with van der Waals surface area (Å²) >= 11 is 0. The highest BCUT2D eigenvalue weighted by atomic mass is 16.3. The molecule has 0 saturated carbocycles. The normalized spacial score (nSPS) is 17.0. The number of carbonyl (C=O) groups is 1. The molecule has 1 heterocycles. The number of piperidine rings is 1. The van der Waals surface area contributed by atoms with Crippen LogP contribution in [0.2, 0.25) is 0 Å². The minimum Gasteiger partial charge on any atom is -0.396 e. The Balaban J connectivity index is 1.82. The maximum Gasteiger partial charge on any atom is 0.315 e. The number of nitrogens with zero attached hydrogens (tertiary/aromatic N) is 1. The van der Waals surface area contributed by atoms with Crippen LogP contribution in [0.5, 0.6) is 0 Å². The first-order valence-electron chi connectivity index (χ1n) is 9.18. The molecule has 5 heteroatoms. The Morgan fingerprint density at radius 1 is 1.32 bits per heavy atom. The van der Waals surface area contributed by atoms with Crippen molar-refractivity contribution in [2.24, 2.45) is 0 Å². The van der Waals surface area contributed by atoms with Crippen LogP contribution < -0.4 is 10.6 Å². The summed E-state index contributed by atoms with van der Waals surface area (Å²) in [5.41, 5.74) is 2.25. The van der Waals surface area contributed by atoms with E-state index < -0.39 is 0 Å². The van der Waals surface area contributed by atoms with Gasteiger partial charge in [0.05, 0.1) is 6.04 Å². The van der Waals surface area contributed by atoms with Crippen molar-refractivity contribution in [1.29, 1.82) is 0 Å². The Labute approximate surface area is 151 Å². The molecule has 0 aliphatic carbocycles. The fourth-order valence-electron chi connectivity index (χ4n) is 3.31. The van der Waals surface area contributed by atoms with E-state index in [0.29, 0.717) is 6.42 Å². The van der Waals surface area contributed by atoms with Crippen LogP contribution in [0, 0.1) is 0 Å². The fraction of sp³-hybridized carbons (Fsp3) is 0.550. The number of urea groups is 1. The summed E-state index contributed by atoms with van der Waals surface area (Å²) < 4.78 is 0. The molecule has 5 nitrogen and oxygen atoms in total. The smallest absolute Gasteiger partial charge is 0.315 e. The monoisotopic (exact) mass is 345 g/mol. The van der Waals surface area contributed by atoms with Crippen molar-refractivity contribution < 1.29 is 9.90 Å². The zero-order valence-corrected chi connectivity index (χ0v) is 15.2. The summed E-state index contributed by atoms with van der Waals surface area (Å²) in [6.45, 7) is 9.07. The van der Waals surface area contributed by atoms with Crippen molar-refractivity contribution in [3.05, 3.63) is 48.0 Å². The number of aliphatic hydroxyl groups excluding tert-OH is 1. The molecule has 1 aliphatic heterocycles. The minimum absolute atomic E-state index is 0.0724. The van der Waals surface area contributed by atoms with E-state index >= 15 is 0 Å². The molecule has 138 valence electrons. The first kappa shape index (κ1) is 19.5. The number of aliphatic hydroxyl groups is 1. The molecule has 1 aromatic carbocycles. The van der Waals surface area contributed by atoms with Crippen LogP contribution in [0.25, 0.3) is 0 Å². The molecule has 1 aromatic rings. The first-order valence-corrected chi connectivity index (χ1v) is 9.18. The number of hydrogen-bond acceptors (Lipinski definition) is 3. The van der Waals surface area contributed by atoms with Gasteiger partial charge >= 0.3 is 6.03 Å². The Morgan fingerprint density at radius 3 is 2.60 bits per heavy atom. The Hall–Kier alpha value is -1.85. The van der Waals surface area contributed by atoms with E-state index in [1.807, 2.05) is 37.3 Å². The van der Waals surface area contributed by atoms with Crippen molar-refractivity contribution in [3.8, 4) is 0 Å². The number of amides is 2. The van der Waals surface area contributed by atoms with Gasteiger partial charge in [-0.05, 0) is 38.2 Å². The van der Waals surface area contributed by atoms with E-state index in [4.69, 9.17) is 5.11 Å². The van der Waals surface area contributed by atoms with Crippen molar-refractivity contribution in [1.82, 2.24) is 15.5 Å². The van der Waals surface area contributed by atoms with Gasteiger partial charge in [0.2, 0.25) is 0 Å². The molecule has 1 aliphatic rings. The highest BCUT2D eigenvalue weighted by molar-refractivity contribution is 5.74. The molecular weight excluding hydrogens is 314 g/mol. The van der Waals surface area contributed by atoms with Crippen LogP contribution in [-0.4, -0.2) is 48.3 Å². The zero-order valence-electron chi connectivity index (χ0n) is 15.2. The summed E-state index contributed by atoms with van der Waals surface area (Å²) in [5, 5.41) is 15.3. The third kappa shape index (κ3) is 6.88. The van der Waals surface area contributed by atoms with E-state index in [0.717, 1.165) is 44.5 Å². The second-order valence-electron chi connectivity index (χ2n) is 6.95. The molecule has 1 saturated heterocycles. The van der Waals surface area contributed by atoms with Gasteiger partial charge in [0.25, 0.3) is 0 Å². The molecule has 2 rings (SSSR count). The summed E-state index contributed by atoms with van der Waals surface area (Å²) in [6.07, 6.45) is 3.32. The van der Waals surface area contributed by atoms with Gasteiger partial charge in [0.1, 0.15) is 0 Å². The highest BCUT2D eigenvalue weighted by Gasteiger charge is 2.22. The Morgan fingerprint density at radius 2 is 2.00 bits per heavy atom. The van der Waals surface area contributed by atoms with Crippen LogP contribution in [0.4, 0.5) is 4.79 Å². The quantitative estimate of drug-likeness (QED) is 0.635. The number of benzene rings is 1. The van der Waals surface area contributed by atoms with Gasteiger partial charge in [-0.1, -0.05) is 42.5 Å². The standard InChI is InChI=1S/C20H31N3O2/c1-16(2)15-23-12-10-18(11-13-23)21-20(25)22-19(9-6-14-24)17-7-4-3-5-8-17/h3-5,7-8,18-19,24H,1,6,9-15H2,2H3,(H2,21,22,25). The molecule has 1 unspecified atom stereocenters. The van der Waals surface area contributed by atoms with Gasteiger partial charge in [-0.15, -0.1) is 0 Å². The second kappa shape index (κ2) is 10.2. The lowest BCUT2D eigenvalue weighted by atomic mass is 10.0. The lowest BCUT2D eigenvalue weighted by Gasteiger charge is -2.32. The SMILES string of the molecule is C=C(C)CN1CCC(NC(=O)NC(CCCO)c2ccccc2)CC1. The summed E-state index contributed by atoms with van der Waals surface area (Å²) in [4.78, 5) is 14.8. The van der Waals surface area contributed by atoms with Gasteiger partial charge in [-0.2, -0.15) is 0 Å². The molecule has 25 heavy (non-hydrogen) atoms. The average molecular weight is 345 g/mol. The van der Waals surface area contributed by atoms with Crippen molar-refractivity contribution >= 4 is 6.03 Å². The number of carbonyl (C=O) groups excluding carboxylic acids is 1. The highest BCUT2D eigenvalue weighted by Crippen LogP contribution is 2.18. The van der Waals surface area contributed by atoms with Crippen LogP contribution in [0.3, 0.4) is 0 Å². The summed E-state index contributed by atoms with van der Waals surface area (Å²) in [5.74, 6) is 0. The number of nitrogens with one attached hydrogen (secondary N) is 2. The van der Waals surface area contributed by atoms with Gasteiger partial charge in [-0.3, -0.25) is 4.90 Å². The maximum atomic E-state index is 12.4. The van der Waals surface area contributed by atoms with Gasteiger partial charge in [0, 0.05) is 32.3 Å². The number of rotatable bonds is 8. The minimum atomic E-state index is -0.120. The second-order valence-corrected chi connectivity index (χ2v) is 6.95. The third-order valence-corrected chi connectivity index (χ3v) is 4.57. The van der Waals surface area contributed by atoms with Gasteiger partial charge in [0.15, 0.2) is 0 Å². The van der Waals surface area contributed by atoms with Gasteiger partial charge < -0.3 is 15.7 Å². The van der Waals surface area contributed by atoms with E-state index in [1.54, 1.807) is 0 Å². The molecule has 0 aromatic heterocycles. The number of likely N-dealkylation sites (tertiary alicyclic amines) is 1. The van der Waals surface area contributed by atoms with E-state index in [1.165, 1.54) is 5.57 Å². The van der Waals surface area contributed by atoms with E-state index in [2.05, 4.69) is 22.1 Å². The molecule has 2 amide bonds. The molecule has 1 atom stereocenters. The van der Waals surface area contributed by atoms with Gasteiger partial charge in [-0.25, -0.2) is 4.79 Å². The summed E-state index contributed by atoms with van der Waals surface area (Å²) in [6, 6.07) is 9.95. The molecule has 0 radical (unpaired) electrons. The zero-order chi connectivity index (χ0) is 18.1. The lowest BCUT2D eigenvalue weighted by molar-refractivity contribution is 0.199. The largest absolute Gasteiger partial charge is 0.396 e. The molecule has 0 spiro atoms. The maximum absolute atomic E-state index is 12.4. The molecular formula is C20H31N3O2. The molecule has 3 N–H and O–H groups in total. The fourth-order valence-corrected chi connectivity index (χ4v) is 3.31. The van der Waals surface area contributed by atoms with Crippen molar-refractivity contribution in [2.45, 2.75) is 44.7 Å². The average Bonchev–Trinajstić information content (AvgIpc) is 2.60. The van der Waals surface area contributed by atoms with Crippen molar-refractivity contribution in [3.63, 3.8) is 0 Å². The van der Waals surface area contributed by atoms with Crippen molar-refractivity contribution in [2.75, 3.05) is 26.2 Å². The molecule has 0 bridgehead atoms. The van der Waals surface area contributed by atoms with Crippen LogP contribution in [-0.2, 0) is 0 Å². The topological polar surface area (TPSA) is 64.6 Å². The third-order valence-electron chi connectivity index (χ3n) is 4.57. The first-order chi connectivity index (χ1) is 12.1.